The number of nitrogens with one attached hydrogen (secondary N) is 1. The van der Waals surface area contributed by atoms with Gasteiger partial charge in [-0.05, 0) is 57.1 Å². The van der Waals surface area contributed by atoms with Crippen molar-refractivity contribution in [2.45, 2.75) is 12.5 Å². The minimum atomic E-state index is -0.832. The van der Waals surface area contributed by atoms with E-state index in [0.717, 1.165) is 22.3 Å². The number of nitrogens with zero attached hydrogens (tertiary/aromatic N) is 1. The minimum absolute atomic E-state index is 0.0220. The van der Waals surface area contributed by atoms with Crippen LogP contribution in [0.25, 0.3) is 22.3 Å². The molecule has 1 N–H and O–H groups in total. The number of benzene rings is 5. The van der Waals surface area contributed by atoms with Gasteiger partial charge in [-0.25, -0.2) is 9.59 Å². The summed E-state index contributed by atoms with van der Waals surface area (Å²) in [6.07, 6.45) is -0.512. The maximum Gasteiger partial charge on any atom is 0.407 e. The summed E-state index contributed by atoms with van der Waals surface area (Å²) in [7, 11) is 0. The summed E-state index contributed by atoms with van der Waals surface area (Å²) in [6.45, 7) is 0.479. The number of imide groups is 1. The maximum absolute atomic E-state index is 13.1. The molecular formula is C37H26N2O6. The van der Waals surface area contributed by atoms with E-state index in [9.17, 15) is 19.2 Å². The van der Waals surface area contributed by atoms with Crippen LogP contribution in [0, 0.1) is 0 Å². The zero-order valence-electron chi connectivity index (χ0n) is 23.9. The highest BCUT2D eigenvalue weighted by Gasteiger charge is 2.39. The van der Waals surface area contributed by atoms with Crippen LogP contribution in [0.4, 0.5) is 4.79 Å². The van der Waals surface area contributed by atoms with Crippen molar-refractivity contribution in [3.05, 3.63) is 155 Å². The Labute approximate surface area is 258 Å². The summed E-state index contributed by atoms with van der Waals surface area (Å²) in [5.74, 6) is -2.23. The van der Waals surface area contributed by atoms with Crippen molar-refractivity contribution < 1.29 is 28.8 Å². The molecule has 0 atom stereocenters. The molecule has 7 rings (SSSR count). The number of amides is 3. The lowest BCUT2D eigenvalue weighted by molar-refractivity contribution is -0.0584. The van der Waals surface area contributed by atoms with Crippen molar-refractivity contribution in [2.24, 2.45) is 0 Å². The Hall–Kier alpha value is -6.02. The molecule has 0 saturated carbocycles. The molecule has 0 aromatic heterocycles. The normalized spacial score (nSPS) is 13.2. The van der Waals surface area contributed by atoms with Crippen molar-refractivity contribution in [2.75, 3.05) is 6.61 Å². The van der Waals surface area contributed by atoms with Crippen LogP contribution in [0.5, 0.6) is 0 Å². The van der Waals surface area contributed by atoms with Crippen molar-refractivity contribution >= 4 is 23.9 Å². The smallest absolute Gasteiger partial charge is 0.407 e. The third-order valence-corrected chi connectivity index (χ3v) is 8.12. The highest BCUT2D eigenvalue weighted by molar-refractivity contribution is 6.21. The summed E-state index contributed by atoms with van der Waals surface area (Å²) in [5, 5.41) is 3.31. The molecule has 8 heteroatoms. The van der Waals surface area contributed by atoms with Gasteiger partial charge in [-0.1, -0.05) is 108 Å². The summed E-state index contributed by atoms with van der Waals surface area (Å²) in [6, 6.07) is 36.8. The Balaban J connectivity index is 0.981. The predicted octanol–water partition coefficient (Wildman–Crippen LogP) is 6.76. The van der Waals surface area contributed by atoms with Gasteiger partial charge in [0.1, 0.15) is 6.61 Å². The average Bonchev–Trinajstić information content (AvgIpc) is 3.53. The molecule has 1 heterocycles. The fourth-order valence-corrected chi connectivity index (χ4v) is 5.92. The number of carbonyl (C=O) groups excluding carboxylic acids is 4. The van der Waals surface area contributed by atoms with E-state index in [2.05, 4.69) is 29.6 Å². The first-order chi connectivity index (χ1) is 22.0. The number of alkyl carbamates (subject to hydrolysis) is 1. The fourth-order valence-electron chi connectivity index (χ4n) is 5.92. The van der Waals surface area contributed by atoms with Crippen molar-refractivity contribution in [1.82, 2.24) is 10.4 Å². The van der Waals surface area contributed by atoms with Gasteiger partial charge in [-0.2, -0.15) is 0 Å². The molecule has 1 aliphatic heterocycles. The number of carbonyl (C=O) groups is 4. The molecule has 0 spiro atoms. The van der Waals surface area contributed by atoms with Crippen LogP contribution in [-0.2, 0) is 16.1 Å². The van der Waals surface area contributed by atoms with Gasteiger partial charge in [-0.15, -0.1) is 0 Å². The SMILES string of the molecule is O=C(NCc1ccc(-c2ccccc2C(=O)ON2C(=O)c3ccccc3C2=O)cc1)OCC1c2ccccc2-c2ccccc21. The van der Waals surface area contributed by atoms with Crippen molar-refractivity contribution in [3.63, 3.8) is 0 Å². The number of hydrogen-bond donors (Lipinski definition) is 1. The van der Waals surface area contributed by atoms with E-state index in [-0.39, 0.29) is 35.8 Å². The van der Waals surface area contributed by atoms with Crippen molar-refractivity contribution in [3.8, 4) is 22.3 Å². The Morgan fingerprint density at radius 1 is 0.622 bits per heavy atom. The van der Waals surface area contributed by atoms with Gasteiger partial charge in [0.2, 0.25) is 0 Å². The van der Waals surface area contributed by atoms with Gasteiger partial charge in [0.25, 0.3) is 11.8 Å². The van der Waals surface area contributed by atoms with Crippen LogP contribution in [0.2, 0.25) is 0 Å². The second-order valence-electron chi connectivity index (χ2n) is 10.8. The molecular weight excluding hydrogens is 568 g/mol. The lowest BCUT2D eigenvalue weighted by Crippen LogP contribution is -2.32. The quantitative estimate of drug-likeness (QED) is 0.209. The molecule has 0 unspecified atom stereocenters. The van der Waals surface area contributed by atoms with E-state index < -0.39 is 23.9 Å². The van der Waals surface area contributed by atoms with Crippen LogP contribution >= 0.6 is 0 Å². The van der Waals surface area contributed by atoms with E-state index >= 15 is 0 Å². The first-order valence-electron chi connectivity index (χ1n) is 14.5. The third-order valence-electron chi connectivity index (χ3n) is 8.12. The van der Waals surface area contributed by atoms with Crippen LogP contribution in [0.15, 0.2) is 121 Å². The first kappa shape index (κ1) is 27.8. The Bertz CT molecular complexity index is 1900. The van der Waals surface area contributed by atoms with Gasteiger partial charge < -0.3 is 14.9 Å². The molecule has 3 amide bonds. The Kier molecular flexibility index (Phi) is 7.15. The number of hydrogen-bond acceptors (Lipinski definition) is 6. The highest BCUT2D eigenvalue weighted by Crippen LogP contribution is 2.44. The molecule has 8 nitrogen and oxygen atoms in total. The molecule has 0 fully saturated rings. The number of rotatable bonds is 7. The Morgan fingerprint density at radius 2 is 1.13 bits per heavy atom. The zero-order chi connectivity index (χ0) is 30.9. The molecule has 5 aromatic rings. The number of ether oxygens (including phenoxy) is 1. The minimum Gasteiger partial charge on any atom is -0.449 e. The van der Waals surface area contributed by atoms with Gasteiger partial charge in [0.05, 0.1) is 16.7 Å². The van der Waals surface area contributed by atoms with Gasteiger partial charge in [-0.3, -0.25) is 9.59 Å². The van der Waals surface area contributed by atoms with E-state index in [1.54, 1.807) is 36.4 Å². The third kappa shape index (κ3) is 5.12. The second-order valence-corrected chi connectivity index (χ2v) is 10.8. The fraction of sp³-hybridized carbons (Fsp3) is 0.0811. The molecule has 2 aliphatic rings. The number of hydroxylamine groups is 2. The lowest BCUT2D eigenvalue weighted by atomic mass is 9.98. The molecule has 0 radical (unpaired) electrons. The summed E-state index contributed by atoms with van der Waals surface area (Å²) < 4.78 is 5.63. The molecule has 0 saturated heterocycles. The van der Waals surface area contributed by atoms with Gasteiger partial charge in [0.15, 0.2) is 0 Å². The standard InChI is InChI=1S/C37H26N2O6/c40-34-30-14-6-7-15-31(30)35(41)39(34)45-36(42)32-16-8-1-9-25(32)24-19-17-23(18-20-24)21-38-37(43)44-22-33-28-12-4-2-10-26(28)27-11-3-5-13-29(27)33/h1-20,33H,21-22H2,(H,38,43). The molecule has 1 aliphatic carbocycles. The van der Waals surface area contributed by atoms with E-state index in [0.29, 0.717) is 10.6 Å². The summed E-state index contributed by atoms with van der Waals surface area (Å²) in [4.78, 5) is 56.4. The van der Waals surface area contributed by atoms with E-state index in [4.69, 9.17) is 9.57 Å². The van der Waals surface area contributed by atoms with Crippen LogP contribution in [0.1, 0.15) is 53.7 Å². The maximum atomic E-state index is 13.1. The van der Waals surface area contributed by atoms with Crippen LogP contribution in [-0.4, -0.2) is 35.5 Å². The summed E-state index contributed by atoms with van der Waals surface area (Å²) in [5.41, 5.74) is 7.31. The van der Waals surface area contributed by atoms with E-state index in [1.165, 1.54) is 23.3 Å². The molecule has 0 bridgehead atoms. The average molecular weight is 595 g/mol. The zero-order valence-corrected chi connectivity index (χ0v) is 23.9. The Morgan fingerprint density at radius 3 is 1.73 bits per heavy atom. The lowest BCUT2D eigenvalue weighted by Gasteiger charge is -2.15. The largest absolute Gasteiger partial charge is 0.449 e. The van der Waals surface area contributed by atoms with Gasteiger partial charge in [0, 0.05) is 12.5 Å². The molecule has 45 heavy (non-hydrogen) atoms. The number of fused-ring (bicyclic) bond motifs is 4. The topological polar surface area (TPSA) is 102 Å². The van der Waals surface area contributed by atoms with Crippen LogP contribution < -0.4 is 5.32 Å². The molecule has 5 aromatic carbocycles. The summed E-state index contributed by atoms with van der Waals surface area (Å²) >= 11 is 0. The van der Waals surface area contributed by atoms with Crippen LogP contribution in [0.3, 0.4) is 0 Å². The first-order valence-corrected chi connectivity index (χ1v) is 14.5. The second kappa shape index (κ2) is 11.6. The highest BCUT2D eigenvalue weighted by atomic mass is 16.7. The predicted molar refractivity (Wildman–Crippen MR) is 166 cm³/mol. The monoisotopic (exact) mass is 594 g/mol. The molecule has 220 valence electrons. The van der Waals surface area contributed by atoms with Gasteiger partial charge >= 0.3 is 12.1 Å². The van der Waals surface area contributed by atoms with E-state index in [1.807, 2.05) is 48.5 Å². The van der Waals surface area contributed by atoms with Crippen molar-refractivity contribution in [1.29, 1.82) is 0 Å².